The Balaban J connectivity index is 2.94. The summed E-state index contributed by atoms with van der Waals surface area (Å²) in [6, 6.07) is 0. The van der Waals surface area contributed by atoms with E-state index in [9.17, 15) is 5.11 Å². The fourth-order valence-electron chi connectivity index (χ4n) is 1.32. The largest absolute Gasteiger partial charge is 0.505 e. The molecule has 0 amide bonds. The van der Waals surface area contributed by atoms with Crippen molar-refractivity contribution in [3.8, 4) is 0 Å². The molecule has 0 unspecified atom stereocenters. The molecule has 1 fully saturated rings. The summed E-state index contributed by atoms with van der Waals surface area (Å²) < 4.78 is 10.9. The van der Waals surface area contributed by atoms with Crippen LogP contribution in [0.4, 0.5) is 0 Å². The van der Waals surface area contributed by atoms with E-state index in [1.54, 1.807) is 20.8 Å². The molecule has 1 aliphatic heterocycles. The first kappa shape index (κ1) is 11.0. The average molecular weight is 199 g/mol. The molecule has 5 heteroatoms. The number of hydrogen-bond acceptors (Lipinski definition) is 4. The first-order valence-electron chi connectivity index (χ1n) is 4.46. The third kappa shape index (κ3) is 1.59. The van der Waals surface area contributed by atoms with Crippen LogP contribution in [0.2, 0.25) is 0 Å². The minimum Gasteiger partial charge on any atom is -0.505 e. The number of diazo groups is 1. The van der Waals surface area contributed by atoms with E-state index >= 15 is 0 Å². The highest BCUT2D eigenvalue weighted by Crippen LogP contribution is 2.42. The molecule has 1 rings (SSSR count). The van der Waals surface area contributed by atoms with Crippen molar-refractivity contribution >= 4 is 0 Å². The molecular weight excluding hydrogens is 184 g/mol. The summed E-state index contributed by atoms with van der Waals surface area (Å²) in [6.07, 6.45) is 0.982. The van der Waals surface area contributed by atoms with Gasteiger partial charge in [0.05, 0.1) is 18.6 Å². The molecule has 0 radical (unpaired) electrons. The van der Waals surface area contributed by atoms with Crippen LogP contribution in [-0.2, 0) is 9.47 Å². The lowest BCUT2D eigenvalue weighted by Crippen LogP contribution is -2.44. The van der Waals surface area contributed by atoms with Crippen molar-refractivity contribution < 1.29 is 14.6 Å². The van der Waals surface area contributed by atoms with E-state index in [0.29, 0.717) is 13.2 Å². The van der Waals surface area contributed by atoms with Crippen molar-refractivity contribution in [2.75, 3.05) is 13.2 Å². The summed E-state index contributed by atoms with van der Waals surface area (Å²) in [5.74, 6) is -0.956. The van der Waals surface area contributed by atoms with Crippen LogP contribution >= 0.6 is 0 Å². The number of rotatable bonds is 2. The summed E-state index contributed by atoms with van der Waals surface area (Å²) in [4.78, 5) is 2.78. The molecular formula is C9H15N2O3+. The summed E-state index contributed by atoms with van der Waals surface area (Å²) in [6.45, 7) is 6.28. The first-order valence-corrected chi connectivity index (χ1v) is 4.46. The van der Waals surface area contributed by atoms with E-state index < -0.39 is 11.2 Å². The van der Waals surface area contributed by atoms with Gasteiger partial charge in [-0.25, -0.2) is 0 Å². The Morgan fingerprint density at radius 3 is 2.43 bits per heavy atom. The van der Waals surface area contributed by atoms with E-state index in [1.807, 2.05) is 0 Å². The van der Waals surface area contributed by atoms with Crippen LogP contribution in [0.3, 0.4) is 0 Å². The minimum absolute atomic E-state index is 0.0793. The topological polar surface area (TPSA) is 66.8 Å². The highest BCUT2D eigenvalue weighted by atomic mass is 16.7. The van der Waals surface area contributed by atoms with Gasteiger partial charge in [0.1, 0.15) is 0 Å². The molecule has 0 aromatic carbocycles. The normalized spacial score (nSPS) is 22.0. The lowest BCUT2D eigenvalue weighted by molar-refractivity contribution is -0.209. The number of aliphatic hydroxyl groups excluding tert-OH is 1. The molecule has 1 aliphatic rings. The van der Waals surface area contributed by atoms with E-state index in [-0.39, 0.29) is 5.76 Å². The van der Waals surface area contributed by atoms with Crippen LogP contribution in [0.1, 0.15) is 20.8 Å². The summed E-state index contributed by atoms with van der Waals surface area (Å²) in [7, 11) is 0. The number of ether oxygens (including phenoxy) is 2. The SMILES string of the molecule is CC1(C(C)(C)/C(O)=C/[N+]#N)OCCO1. The van der Waals surface area contributed by atoms with Gasteiger partial charge in [0.15, 0.2) is 16.5 Å². The van der Waals surface area contributed by atoms with Crippen LogP contribution in [0, 0.1) is 10.8 Å². The molecule has 1 saturated heterocycles. The van der Waals surface area contributed by atoms with Gasteiger partial charge in [-0.05, 0) is 20.8 Å². The molecule has 0 saturated carbocycles. The third-order valence-corrected chi connectivity index (χ3v) is 2.79. The minimum atomic E-state index is -0.877. The standard InChI is InChI=1S/C9H14N2O3/c1-8(2,7(12)6-11-10)9(3)13-4-5-14-9/h6H,4-5H2,1-3H3/p+1/b7-6-. The van der Waals surface area contributed by atoms with E-state index in [1.165, 1.54) is 0 Å². The van der Waals surface area contributed by atoms with Crippen molar-refractivity contribution in [2.24, 2.45) is 5.41 Å². The summed E-state index contributed by atoms with van der Waals surface area (Å²) in [5, 5.41) is 18.0. The van der Waals surface area contributed by atoms with Crippen LogP contribution in [-0.4, -0.2) is 24.1 Å². The van der Waals surface area contributed by atoms with E-state index in [0.717, 1.165) is 6.20 Å². The zero-order valence-electron chi connectivity index (χ0n) is 8.65. The van der Waals surface area contributed by atoms with Gasteiger partial charge in [0.25, 0.3) is 0 Å². The smallest absolute Gasteiger partial charge is 0.388 e. The van der Waals surface area contributed by atoms with Gasteiger partial charge in [0.2, 0.25) is 5.39 Å². The second kappa shape index (κ2) is 3.56. The second-order valence-corrected chi connectivity index (χ2v) is 3.90. The van der Waals surface area contributed by atoms with Gasteiger partial charge in [-0.3, -0.25) is 0 Å². The highest BCUT2D eigenvalue weighted by Gasteiger charge is 2.50. The number of hydrogen-bond donors (Lipinski definition) is 1. The van der Waals surface area contributed by atoms with Gasteiger partial charge in [-0.1, -0.05) is 0 Å². The summed E-state index contributed by atoms with van der Waals surface area (Å²) >= 11 is 0. The highest BCUT2D eigenvalue weighted by molar-refractivity contribution is 5.11. The maximum Gasteiger partial charge on any atom is 0.388 e. The van der Waals surface area contributed by atoms with Crippen molar-refractivity contribution in [3.63, 3.8) is 0 Å². The fraction of sp³-hybridized carbons (Fsp3) is 0.778. The zero-order valence-corrected chi connectivity index (χ0v) is 8.65. The quantitative estimate of drug-likeness (QED) is 0.545. The maximum atomic E-state index is 9.65. The van der Waals surface area contributed by atoms with Gasteiger partial charge >= 0.3 is 6.20 Å². The molecule has 0 bridgehead atoms. The number of aliphatic hydroxyl groups is 1. The van der Waals surface area contributed by atoms with Gasteiger partial charge in [0, 0.05) is 0 Å². The molecule has 0 spiro atoms. The zero-order chi connectivity index (χ0) is 10.8. The van der Waals surface area contributed by atoms with Crippen molar-refractivity contribution in [2.45, 2.75) is 26.6 Å². The average Bonchev–Trinajstić information content (AvgIpc) is 2.54. The monoisotopic (exact) mass is 199 g/mol. The van der Waals surface area contributed by atoms with Crippen molar-refractivity contribution in [1.82, 2.24) is 0 Å². The van der Waals surface area contributed by atoms with Crippen LogP contribution in [0.15, 0.2) is 12.0 Å². The Bertz CT molecular complexity index is 285. The lowest BCUT2D eigenvalue weighted by Gasteiger charge is -2.37. The van der Waals surface area contributed by atoms with Gasteiger partial charge < -0.3 is 14.6 Å². The summed E-state index contributed by atoms with van der Waals surface area (Å²) in [5.41, 5.74) is -0.754. The Hall–Kier alpha value is -1.12. The first-order chi connectivity index (χ1) is 6.44. The molecule has 14 heavy (non-hydrogen) atoms. The predicted octanol–water partition coefficient (Wildman–Crippen LogP) is 2.03. The second-order valence-electron chi connectivity index (χ2n) is 3.90. The molecule has 78 valence electrons. The van der Waals surface area contributed by atoms with Crippen molar-refractivity contribution in [1.29, 1.82) is 5.39 Å². The van der Waals surface area contributed by atoms with Crippen molar-refractivity contribution in [3.05, 3.63) is 16.9 Å². The van der Waals surface area contributed by atoms with Crippen LogP contribution in [0.5, 0.6) is 0 Å². The maximum absolute atomic E-state index is 9.65. The molecule has 1 heterocycles. The van der Waals surface area contributed by atoms with Gasteiger partial charge in [-0.15, -0.1) is 0 Å². The fourth-order valence-corrected chi connectivity index (χ4v) is 1.32. The molecule has 0 atom stereocenters. The predicted molar refractivity (Wildman–Crippen MR) is 49.9 cm³/mol. The molecule has 0 aromatic heterocycles. The molecule has 5 nitrogen and oxygen atoms in total. The number of nitrogens with zero attached hydrogens (tertiary/aromatic N) is 2. The van der Waals surface area contributed by atoms with Crippen LogP contribution < -0.4 is 0 Å². The molecule has 0 aliphatic carbocycles. The Morgan fingerprint density at radius 2 is 2.00 bits per heavy atom. The van der Waals surface area contributed by atoms with E-state index in [2.05, 4.69) is 4.98 Å². The Kier molecular flexibility index (Phi) is 2.79. The Labute approximate surface area is 82.9 Å². The third-order valence-electron chi connectivity index (χ3n) is 2.79. The van der Waals surface area contributed by atoms with Gasteiger partial charge in [-0.2, -0.15) is 0 Å². The molecule has 0 aromatic rings. The Morgan fingerprint density at radius 1 is 1.50 bits per heavy atom. The molecule has 1 N–H and O–H groups in total. The van der Waals surface area contributed by atoms with Crippen LogP contribution in [0.25, 0.3) is 4.98 Å². The lowest BCUT2D eigenvalue weighted by atomic mass is 9.82. The van der Waals surface area contributed by atoms with E-state index in [4.69, 9.17) is 14.9 Å².